The predicted molar refractivity (Wildman–Crippen MR) is 220 cm³/mol. The number of aryl methyl sites for hydroxylation is 1. The Bertz CT molecular complexity index is 1790. The lowest BCUT2D eigenvalue weighted by Crippen LogP contribution is -2.50. The number of carbonyl (C=O) groups is 2. The molecular weight excluding hydrogens is 721 g/mol. The van der Waals surface area contributed by atoms with Crippen molar-refractivity contribution in [1.29, 1.82) is 0 Å². The van der Waals surface area contributed by atoms with Crippen LogP contribution in [0.5, 0.6) is 11.5 Å². The van der Waals surface area contributed by atoms with Crippen LogP contribution in [0.1, 0.15) is 112 Å². The molecule has 11 nitrogen and oxygen atoms in total. The molecule has 1 aromatic carbocycles. The van der Waals surface area contributed by atoms with Gasteiger partial charge in [-0.05, 0) is 147 Å². The van der Waals surface area contributed by atoms with E-state index in [2.05, 4.69) is 33.5 Å². The van der Waals surface area contributed by atoms with Crippen LogP contribution in [0.3, 0.4) is 0 Å². The van der Waals surface area contributed by atoms with Gasteiger partial charge in [-0.15, -0.1) is 0 Å². The van der Waals surface area contributed by atoms with Crippen molar-refractivity contribution in [2.75, 3.05) is 26.8 Å². The number of aromatic nitrogens is 1. The predicted octanol–water partition coefficient (Wildman–Crippen LogP) is 5.08. The summed E-state index contributed by atoms with van der Waals surface area (Å²) in [5.74, 6) is 7.90. The quantitative estimate of drug-likeness (QED) is 0.0947. The van der Waals surface area contributed by atoms with Crippen LogP contribution in [0.25, 0.3) is 0 Å². The Morgan fingerprint density at radius 1 is 1.04 bits per heavy atom. The van der Waals surface area contributed by atoms with Gasteiger partial charge in [0.25, 0.3) is 0 Å². The number of allylic oxidation sites excluding steroid dienone is 2. The Hall–Kier alpha value is -4.08. The number of nitrogens with one attached hydrogen (secondary N) is 3. The minimum Gasteiger partial charge on any atom is -0.504 e. The number of hydrogen-bond acceptors (Lipinski definition) is 10. The molecule has 2 aliphatic carbocycles. The van der Waals surface area contributed by atoms with Gasteiger partial charge in [0.15, 0.2) is 17.3 Å². The minimum atomic E-state index is -0.920. The molecule has 0 spiro atoms. The van der Waals surface area contributed by atoms with Gasteiger partial charge in [-0.3, -0.25) is 9.59 Å². The first-order valence-corrected chi connectivity index (χ1v) is 21.3. The van der Waals surface area contributed by atoms with Gasteiger partial charge in [0.2, 0.25) is 0 Å². The normalized spacial score (nSPS) is 25.3. The number of methoxy groups -OCH3 is 1. The number of dihydropyridines is 1. The maximum Gasteiger partial charge on any atom is 0.160 e. The summed E-state index contributed by atoms with van der Waals surface area (Å²) in [5.41, 5.74) is 11.4. The first-order chi connectivity index (χ1) is 27.6. The minimum absolute atomic E-state index is 0.000608. The van der Waals surface area contributed by atoms with Gasteiger partial charge in [-0.1, -0.05) is 24.7 Å². The number of H-pyrrole nitrogens is 1. The third-order valence-corrected chi connectivity index (χ3v) is 13.0. The number of ketones is 2. The zero-order chi connectivity index (χ0) is 40.3. The summed E-state index contributed by atoms with van der Waals surface area (Å²) in [6, 6.07) is 5.81. The molecule has 1 saturated carbocycles. The fourth-order valence-corrected chi connectivity index (χ4v) is 9.70. The number of ether oxygens (including phenoxy) is 1. The largest absolute Gasteiger partial charge is 0.504 e. The summed E-state index contributed by atoms with van der Waals surface area (Å²) < 4.78 is 5.43. The van der Waals surface area contributed by atoms with Gasteiger partial charge in [-0.25, -0.2) is 0 Å². The Morgan fingerprint density at radius 2 is 1.88 bits per heavy atom. The summed E-state index contributed by atoms with van der Waals surface area (Å²) in [6.07, 6.45) is 15.0. The van der Waals surface area contributed by atoms with Crippen molar-refractivity contribution in [1.82, 2.24) is 15.6 Å². The molecule has 310 valence electrons. The van der Waals surface area contributed by atoms with Gasteiger partial charge in [0.1, 0.15) is 11.7 Å². The monoisotopic (exact) mass is 784 g/mol. The molecule has 0 bridgehead atoms. The number of aliphatic hydroxyl groups excluding tert-OH is 3. The lowest BCUT2D eigenvalue weighted by Gasteiger charge is -2.42. The van der Waals surface area contributed by atoms with Crippen LogP contribution in [0.4, 0.5) is 0 Å². The number of rotatable bonds is 18. The Balaban J connectivity index is 1.11. The zero-order valence-electron chi connectivity index (χ0n) is 33.6. The SMILES string of the molecule is COc1cc2c(cc1O)[C@H](CC[C@H](O)CCC1=C(Cc3cc[nH]c3)CNC(N)=C1)C#C[C@H]([C@H](O)CCC[C@H](CCCO)[C@H]1CN[C@@H]3CC(=O)CC[C@@H]3C1)C(=O)CC2. The van der Waals surface area contributed by atoms with Crippen LogP contribution in [-0.2, 0) is 22.4 Å². The summed E-state index contributed by atoms with van der Waals surface area (Å²) in [6.45, 7) is 1.68. The van der Waals surface area contributed by atoms with E-state index in [4.69, 9.17) is 10.5 Å². The molecule has 0 amide bonds. The highest BCUT2D eigenvalue weighted by atomic mass is 16.5. The first kappa shape index (κ1) is 42.5. The number of aromatic amines is 1. The highest BCUT2D eigenvalue weighted by molar-refractivity contribution is 5.85. The van der Waals surface area contributed by atoms with E-state index < -0.39 is 18.1 Å². The molecule has 1 saturated heterocycles. The van der Waals surface area contributed by atoms with Gasteiger partial charge in [-0.2, -0.15) is 0 Å². The number of phenols is 1. The Kier molecular flexibility index (Phi) is 15.3. The van der Waals surface area contributed by atoms with Gasteiger partial charge in [0, 0.05) is 56.8 Å². The number of Topliss-reactive ketones (excluding diaryl/α,β-unsaturated/α-hetero) is 2. The van der Waals surface area contributed by atoms with Crippen molar-refractivity contribution in [3.8, 4) is 23.3 Å². The van der Waals surface area contributed by atoms with Crippen molar-refractivity contribution in [3.63, 3.8) is 0 Å². The van der Waals surface area contributed by atoms with E-state index >= 15 is 0 Å². The van der Waals surface area contributed by atoms with Crippen LogP contribution in [0.15, 0.2) is 53.6 Å². The fraction of sp³-hybridized carbons (Fsp3) is 0.609. The number of hydrogen-bond donors (Lipinski definition) is 8. The van der Waals surface area contributed by atoms with E-state index in [-0.39, 0.29) is 36.5 Å². The number of fused-ring (bicyclic) bond motifs is 2. The molecule has 11 heteroatoms. The van der Waals surface area contributed by atoms with E-state index in [1.165, 1.54) is 18.2 Å². The number of aromatic hydroxyl groups is 1. The summed E-state index contributed by atoms with van der Waals surface area (Å²) in [5, 5.41) is 50.2. The standard InChI is InChI=1S/C46H64N4O7/c1-57-45-22-33-11-16-43(55)39(42(54)6-2-4-30(5-3-19-51)36-21-34-9-14-38(53)24-41(34)49-27-36)15-10-31(40(33)25-44(45)56)7-12-37(52)13-8-32-23-46(47)50-28-35(32)20-29-17-18-48-26-29/h17-18,22-23,25-26,30-31,34,36-37,39,41-42,48-52,54,56H,2-9,11-14,16,19-21,24,27-28,47H2,1H3/t30-,31-,34-,36-,37+,39-,41-,42-/m1/s1. The molecule has 1 aromatic heterocycles. The van der Waals surface area contributed by atoms with Crippen LogP contribution in [0, 0.1) is 35.5 Å². The number of phenolic OH excluding ortho intramolecular Hbond substituents is 1. The van der Waals surface area contributed by atoms with Crippen molar-refractivity contribution in [2.24, 2.45) is 29.4 Å². The molecule has 57 heavy (non-hydrogen) atoms. The second-order valence-electron chi connectivity index (χ2n) is 16.9. The first-order valence-electron chi connectivity index (χ1n) is 21.3. The molecule has 2 aromatic rings. The summed E-state index contributed by atoms with van der Waals surface area (Å²) in [4.78, 5) is 28.9. The van der Waals surface area contributed by atoms with Crippen molar-refractivity contribution < 1.29 is 34.8 Å². The molecule has 4 aliphatic rings. The van der Waals surface area contributed by atoms with Gasteiger partial charge >= 0.3 is 0 Å². The number of benzene rings is 1. The number of aliphatic hydroxyl groups is 3. The van der Waals surface area contributed by atoms with E-state index in [0.717, 1.165) is 68.2 Å². The second-order valence-corrected chi connectivity index (χ2v) is 16.9. The fourth-order valence-electron chi connectivity index (χ4n) is 9.70. The van der Waals surface area contributed by atoms with Crippen LogP contribution >= 0.6 is 0 Å². The molecule has 2 aliphatic heterocycles. The summed E-state index contributed by atoms with van der Waals surface area (Å²) >= 11 is 0. The second kappa shape index (κ2) is 20.6. The molecule has 9 N–H and O–H groups in total. The summed E-state index contributed by atoms with van der Waals surface area (Å²) in [7, 11) is 1.50. The molecule has 6 rings (SSSR count). The van der Waals surface area contributed by atoms with E-state index in [1.807, 2.05) is 18.5 Å². The number of nitrogens with two attached hydrogens (primary N) is 1. The maximum atomic E-state index is 13.7. The van der Waals surface area contributed by atoms with E-state index in [9.17, 15) is 30.0 Å². The lowest BCUT2D eigenvalue weighted by atomic mass is 9.70. The highest BCUT2D eigenvalue weighted by Crippen LogP contribution is 2.39. The smallest absolute Gasteiger partial charge is 0.160 e. The number of piperidine rings is 1. The third-order valence-electron chi connectivity index (χ3n) is 13.0. The molecule has 3 heterocycles. The van der Waals surface area contributed by atoms with Gasteiger partial charge < -0.3 is 46.5 Å². The van der Waals surface area contributed by atoms with Crippen LogP contribution in [0.2, 0.25) is 0 Å². The van der Waals surface area contributed by atoms with E-state index in [0.29, 0.717) is 93.0 Å². The third kappa shape index (κ3) is 11.5. The molecule has 8 atom stereocenters. The van der Waals surface area contributed by atoms with Crippen molar-refractivity contribution >= 4 is 11.6 Å². The van der Waals surface area contributed by atoms with E-state index in [1.54, 1.807) is 12.1 Å². The molecular formula is C46H64N4O7. The van der Waals surface area contributed by atoms with Crippen LogP contribution in [-0.4, -0.2) is 82.0 Å². The van der Waals surface area contributed by atoms with Gasteiger partial charge in [0.05, 0.1) is 25.1 Å². The molecule has 0 unspecified atom stereocenters. The zero-order valence-corrected chi connectivity index (χ0v) is 33.6. The molecule has 2 fully saturated rings. The molecule has 0 radical (unpaired) electrons. The van der Waals surface area contributed by atoms with Crippen LogP contribution < -0.4 is 21.1 Å². The highest BCUT2D eigenvalue weighted by Gasteiger charge is 2.37. The average molecular weight is 785 g/mol. The topological polar surface area (TPSA) is 190 Å². The van der Waals surface area contributed by atoms with Crippen molar-refractivity contribution in [3.05, 3.63) is 70.3 Å². The lowest BCUT2D eigenvalue weighted by molar-refractivity contribution is -0.124. The Labute approximate surface area is 337 Å². The maximum absolute atomic E-state index is 13.7. The Morgan fingerprint density at radius 3 is 2.67 bits per heavy atom. The number of carbonyl (C=O) groups excluding carboxylic acids is 2. The average Bonchev–Trinajstić information content (AvgIpc) is 3.74. The van der Waals surface area contributed by atoms with Crippen molar-refractivity contribution in [2.45, 2.75) is 127 Å².